The van der Waals surface area contributed by atoms with Gasteiger partial charge in [-0.3, -0.25) is 4.79 Å². The number of carbonyl (C=O) groups is 1. The minimum Gasteiger partial charge on any atom is -0.507 e. The molecule has 2 unspecified atom stereocenters. The van der Waals surface area contributed by atoms with Crippen LogP contribution in [0.25, 0.3) is 0 Å². The fraction of sp³-hybridized carbons (Fsp3) is 0.500. The number of phenols is 1. The molecule has 1 aromatic rings. The van der Waals surface area contributed by atoms with Gasteiger partial charge in [0, 0.05) is 24.7 Å². The Hall–Kier alpha value is -1.62. The summed E-state index contributed by atoms with van der Waals surface area (Å²) in [7, 11) is 0. The lowest BCUT2D eigenvalue weighted by molar-refractivity contribution is 0.0943. The second kappa shape index (κ2) is 6.02. The molecule has 2 atom stereocenters. The van der Waals surface area contributed by atoms with Crippen LogP contribution in [0.4, 0.5) is 4.39 Å². The van der Waals surface area contributed by atoms with Crippen molar-refractivity contribution in [3.8, 4) is 5.75 Å². The van der Waals surface area contributed by atoms with Gasteiger partial charge >= 0.3 is 0 Å². The zero-order valence-corrected chi connectivity index (χ0v) is 10.9. The van der Waals surface area contributed by atoms with Gasteiger partial charge in [0.15, 0.2) is 0 Å². The third-order valence-electron chi connectivity index (χ3n) is 3.42. The van der Waals surface area contributed by atoms with Crippen molar-refractivity contribution in [1.82, 2.24) is 10.6 Å². The number of hydrogen-bond donors (Lipinski definition) is 3. The molecule has 5 heteroatoms. The van der Waals surface area contributed by atoms with Gasteiger partial charge < -0.3 is 15.7 Å². The Labute approximate surface area is 112 Å². The largest absolute Gasteiger partial charge is 0.507 e. The predicted octanol–water partition coefficient (Wildman–Crippen LogP) is 1.79. The SMILES string of the molecule is CC1CCCC(CNC(=O)c2ccc(F)cc2O)N1. The molecule has 0 aliphatic carbocycles. The van der Waals surface area contributed by atoms with Gasteiger partial charge in [-0.1, -0.05) is 6.42 Å². The molecule has 2 rings (SSSR count). The van der Waals surface area contributed by atoms with Crippen LogP contribution in [0.2, 0.25) is 0 Å². The Kier molecular flexibility index (Phi) is 4.37. The van der Waals surface area contributed by atoms with Crippen LogP contribution in [-0.4, -0.2) is 29.6 Å². The maximum Gasteiger partial charge on any atom is 0.255 e. The molecular weight excluding hydrogens is 247 g/mol. The number of piperidine rings is 1. The molecule has 19 heavy (non-hydrogen) atoms. The molecule has 0 bridgehead atoms. The average Bonchev–Trinajstić information content (AvgIpc) is 2.36. The van der Waals surface area contributed by atoms with E-state index in [9.17, 15) is 14.3 Å². The number of hydrogen-bond acceptors (Lipinski definition) is 3. The molecule has 0 aromatic heterocycles. The lowest BCUT2D eigenvalue weighted by Gasteiger charge is -2.28. The van der Waals surface area contributed by atoms with E-state index in [1.165, 1.54) is 6.07 Å². The van der Waals surface area contributed by atoms with Crippen molar-refractivity contribution in [3.63, 3.8) is 0 Å². The van der Waals surface area contributed by atoms with Crippen molar-refractivity contribution in [2.45, 2.75) is 38.3 Å². The molecule has 4 nitrogen and oxygen atoms in total. The summed E-state index contributed by atoms with van der Waals surface area (Å²) < 4.78 is 12.8. The molecular formula is C14H19FN2O2. The number of benzene rings is 1. The monoisotopic (exact) mass is 266 g/mol. The predicted molar refractivity (Wildman–Crippen MR) is 70.6 cm³/mol. The van der Waals surface area contributed by atoms with E-state index in [1.807, 2.05) is 0 Å². The molecule has 0 radical (unpaired) electrons. The van der Waals surface area contributed by atoms with Gasteiger partial charge in [-0.2, -0.15) is 0 Å². The van der Waals surface area contributed by atoms with Gasteiger partial charge in [-0.15, -0.1) is 0 Å². The summed E-state index contributed by atoms with van der Waals surface area (Å²) in [5.74, 6) is -1.27. The van der Waals surface area contributed by atoms with Gasteiger partial charge in [0.2, 0.25) is 0 Å². The minimum absolute atomic E-state index is 0.102. The third kappa shape index (κ3) is 3.67. The first-order valence-electron chi connectivity index (χ1n) is 6.59. The van der Waals surface area contributed by atoms with Crippen molar-refractivity contribution >= 4 is 5.91 Å². The molecule has 1 amide bonds. The Morgan fingerprint density at radius 2 is 2.32 bits per heavy atom. The van der Waals surface area contributed by atoms with Gasteiger partial charge in [-0.05, 0) is 31.9 Å². The summed E-state index contributed by atoms with van der Waals surface area (Å²) in [6.45, 7) is 2.64. The maximum absolute atomic E-state index is 12.8. The van der Waals surface area contributed by atoms with Crippen molar-refractivity contribution < 1.29 is 14.3 Å². The average molecular weight is 266 g/mol. The molecule has 1 heterocycles. The van der Waals surface area contributed by atoms with Crippen LogP contribution in [-0.2, 0) is 0 Å². The van der Waals surface area contributed by atoms with Crippen molar-refractivity contribution in [2.24, 2.45) is 0 Å². The standard InChI is InChI=1S/C14H19FN2O2/c1-9-3-2-4-11(17-9)8-16-14(19)12-6-5-10(15)7-13(12)18/h5-7,9,11,17-18H,2-4,8H2,1H3,(H,16,19). The van der Waals surface area contributed by atoms with Gasteiger partial charge in [0.1, 0.15) is 11.6 Å². The Balaban J connectivity index is 1.90. The van der Waals surface area contributed by atoms with Gasteiger partial charge in [0.25, 0.3) is 5.91 Å². The fourth-order valence-electron chi connectivity index (χ4n) is 2.41. The highest BCUT2D eigenvalue weighted by Crippen LogP contribution is 2.18. The number of phenolic OH excluding ortho intramolecular Hbond substituents is 1. The molecule has 1 aliphatic rings. The fourth-order valence-corrected chi connectivity index (χ4v) is 2.41. The van der Waals surface area contributed by atoms with Crippen molar-refractivity contribution in [2.75, 3.05) is 6.54 Å². The Morgan fingerprint density at radius 3 is 3.00 bits per heavy atom. The van der Waals surface area contributed by atoms with Crippen LogP contribution in [0.1, 0.15) is 36.5 Å². The van der Waals surface area contributed by atoms with E-state index in [0.29, 0.717) is 12.6 Å². The highest BCUT2D eigenvalue weighted by Gasteiger charge is 2.19. The normalized spacial score (nSPS) is 23.1. The Bertz CT molecular complexity index is 465. The van der Waals surface area contributed by atoms with Crippen LogP contribution < -0.4 is 10.6 Å². The molecule has 1 fully saturated rings. The Morgan fingerprint density at radius 1 is 1.53 bits per heavy atom. The third-order valence-corrected chi connectivity index (χ3v) is 3.42. The number of nitrogens with one attached hydrogen (secondary N) is 2. The first kappa shape index (κ1) is 13.8. The van der Waals surface area contributed by atoms with E-state index in [4.69, 9.17) is 0 Å². The van der Waals surface area contributed by atoms with Crippen LogP contribution in [0.5, 0.6) is 5.75 Å². The highest BCUT2D eigenvalue weighted by atomic mass is 19.1. The van der Waals surface area contributed by atoms with Gasteiger partial charge in [0.05, 0.1) is 5.56 Å². The van der Waals surface area contributed by atoms with E-state index in [0.717, 1.165) is 31.4 Å². The molecule has 3 N–H and O–H groups in total. The maximum atomic E-state index is 12.8. The summed E-state index contributed by atoms with van der Waals surface area (Å²) in [5.41, 5.74) is 0.102. The van der Waals surface area contributed by atoms with Crippen LogP contribution in [0.3, 0.4) is 0 Å². The quantitative estimate of drug-likeness (QED) is 0.781. The first-order chi connectivity index (χ1) is 9.06. The van der Waals surface area contributed by atoms with E-state index in [-0.39, 0.29) is 23.3 Å². The van der Waals surface area contributed by atoms with E-state index in [2.05, 4.69) is 17.6 Å². The summed E-state index contributed by atoms with van der Waals surface area (Å²) in [5, 5.41) is 15.7. The lowest BCUT2D eigenvalue weighted by atomic mass is 9.99. The second-order valence-electron chi connectivity index (χ2n) is 5.07. The molecule has 1 aromatic carbocycles. The van der Waals surface area contributed by atoms with E-state index < -0.39 is 5.82 Å². The second-order valence-corrected chi connectivity index (χ2v) is 5.07. The number of carbonyl (C=O) groups excluding carboxylic acids is 1. The van der Waals surface area contributed by atoms with E-state index >= 15 is 0 Å². The molecule has 104 valence electrons. The number of amides is 1. The number of aromatic hydroxyl groups is 1. The van der Waals surface area contributed by atoms with Crippen LogP contribution in [0, 0.1) is 5.82 Å². The molecule has 1 saturated heterocycles. The number of rotatable bonds is 3. The summed E-state index contributed by atoms with van der Waals surface area (Å²) in [4.78, 5) is 11.9. The zero-order valence-electron chi connectivity index (χ0n) is 10.9. The molecule has 0 spiro atoms. The van der Waals surface area contributed by atoms with Crippen LogP contribution >= 0.6 is 0 Å². The molecule has 1 aliphatic heterocycles. The lowest BCUT2D eigenvalue weighted by Crippen LogP contribution is -2.47. The minimum atomic E-state index is -0.558. The zero-order chi connectivity index (χ0) is 13.8. The van der Waals surface area contributed by atoms with Crippen molar-refractivity contribution in [3.05, 3.63) is 29.6 Å². The van der Waals surface area contributed by atoms with Crippen molar-refractivity contribution in [1.29, 1.82) is 0 Å². The highest BCUT2D eigenvalue weighted by molar-refractivity contribution is 5.96. The summed E-state index contributed by atoms with van der Waals surface area (Å²) in [6, 6.07) is 4.12. The topological polar surface area (TPSA) is 61.4 Å². The summed E-state index contributed by atoms with van der Waals surface area (Å²) in [6.07, 6.45) is 3.33. The number of halogens is 1. The first-order valence-corrected chi connectivity index (χ1v) is 6.59. The van der Waals surface area contributed by atoms with E-state index in [1.54, 1.807) is 0 Å². The molecule has 0 saturated carbocycles. The van der Waals surface area contributed by atoms with Gasteiger partial charge in [-0.25, -0.2) is 4.39 Å². The van der Waals surface area contributed by atoms with Crippen LogP contribution in [0.15, 0.2) is 18.2 Å². The summed E-state index contributed by atoms with van der Waals surface area (Å²) >= 11 is 0. The smallest absolute Gasteiger partial charge is 0.255 e.